The van der Waals surface area contributed by atoms with E-state index in [-0.39, 0.29) is 11.5 Å². The van der Waals surface area contributed by atoms with Crippen LogP contribution in [0.1, 0.15) is 99.3 Å². The first-order chi connectivity index (χ1) is 14.2. The van der Waals surface area contributed by atoms with Crippen LogP contribution < -0.4 is 0 Å². The zero-order chi connectivity index (χ0) is 21.7. The average molecular weight is 413 g/mol. The molecule has 30 heavy (non-hydrogen) atoms. The minimum Gasteiger partial charge on any atom is -0.393 e. The molecule has 0 aliphatic heterocycles. The Kier molecular flexibility index (Phi) is 6.35. The molecule has 0 heterocycles. The first-order valence-corrected chi connectivity index (χ1v) is 13.3. The zero-order valence-electron chi connectivity index (χ0n) is 20.7. The molecule has 3 saturated carbocycles. The van der Waals surface area contributed by atoms with Gasteiger partial charge in [-0.1, -0.05) is 71.8 Å². The van der Waals surface area contributed by atoms with Gasteiger partial charge in [0.05, 0.1) is 6.10 Å². The van der Waals surface area contributed by atoms with E-state index < -0.39 is 0 Å². The number of rotatable bonds is 5. The molecule has 3 unspecified atom stereocenters. The van der Waals surface area contributed by atoms with Gasteiger partial charge in [-0.25, -0.2) is 0 Å². The van der Waals surface area contributed by atoms with Gasteiger partial charge in [-0.05, 0) is 98.2 Å². The maximum Gasteiger partial charge on any atom is 0.0602 e. The smallest absolute Gasteiger partial charge is 0.0602 e. The molecule has 0 radical (unpaired) electrons. The van der Waals surface area contributed by atoms with Gasteiger partial charge in [-0.2, -0.15) is 0 Å². The monoisotopic (exact) mass is 412 g/mol. The topological polar surface area (TPSA) is 20.2 Å². The SMILES string of the molecule is CCC(C=C[C@@H](C)[C@H]1CC[C@H]2C3=CCC4CCCC(O)[C@]4(C)[C@H]3CC[C@]12C)C(C)C. The lowest BCUT2D eigenvalue weighted by atomic mass is 9.47. The molecule has 0 bridgehead atoms. The van der Waals surface area contributed by atoms with Crippen molar-refractivity contribution in [3.8, 4) is 0 Å². The van der Waals surface area contributed by atoms with Crippen molar-refractivity contribution in [3.05, 3.63) is 23.8 Å². The molecule has 3 fully saturated rings. The predicted molar refractivity (Wildman–Crippen MR) is 128 cm³/mol. The Morgan fingerprint density at radius 2 is 1.80 bits per heavy atom. The van der Waals surface area contributed by atoms with Crippen LogP contribution in [0.2, 0.25) is 0 Å². The molecule has 0 saturated heterocycles. The van der Waals surface area contributed by atoms with E-state index in [0.29, 0.717) is 23.2 Å². The van der Waals surface area contributed by atoms with Gasteiger partial charge in [0.1, 0.15) is 0 Å². The van der Waals surface area contributed by atoms with Gasteiger partial charge in [0.15, 0.2) is 0 Å². The van der Waals surface area contributed by atoms with Crippen molar-refractivity contribution in [2.75, 3.05) is 0 Å². The first-order valence-electron chi connectivity index (χ1n) is 13.3. The van der Waals surface area contributed by atoms with Crippen molar-refractivity contribution in [1.82, 2.24) is 0 Å². The van der Waals surface area contributed by atoms with Gasteiger partial charge in [-0.15, -0.1) is 0 Å². The van der Waals surface area contributed by atoms with Gasteiger partial charge in [-0.3, -0.25) is 0 Å². The fourth-order valence-electron chi connectivity index (χ4n) is 8.75. The molecule has 1 N–H and O–H groups in total. The molecule has 0 aromatic heterocycles. The van der Waals surface area contributed by atoms with Crippen LogP contribution in [-0.2, 0) is 0 Å². The lowest BCUT2D eigenvalue weighted by molar-refractivity contribution is -0.0954. The van der Waals surface area contributed by atoms with Crippen LogP contribution in [0.4, 0.5) is 0 Å². The van der Waals surface area contributed by atoms with Crippen molar-refractivity contribution in [2.45, 2.75) is 105 Å². The van der Waals surface area contributed by atoms with Crippen LogP contribution in [0.25, 0.3) is 0 Å². The third kappa shape index (κ3) is 3.46. The van der Waals surface area contributed by atoms with E-state index >= 15 is 0 Å². The third-order valence-corrected chi connectivity index (χ3v) is 10.8. The van der Waals surface area contributed by atoms with E-state index in [0.717, 1.165) is 30.1 Å². The van der Waals surface area contributed by atoms with E-state index in [4.69, 9.17) is 0 Å². The third-order valence-electron chi connectivity index (χ3n) is 10.8. The van der Waals surface area contributed by atoms with Crippen molar-refractivity contribution in [1.29, 1.82) is 0 Å². The summed E-state index contributed by atoms with van der Waals surface area (Å²) in [6.07, 6.45) is 19.2. The summed E-state index contributed by atoms with van der Waals surface area (Å²) < 4.78 is 0. The molecule has 0 spiro atoms. The number of fused-ring (bicyclic) bond motifs is 5. The van der Waals surface area contributed by atoms with Crippen LogP contribution >= 0.6 is 0 Å². The Hall–Kier alpha value is -0.560. The Morgan fingerprint density at radius 1 is 1.03 bits per heavy atom. The quantitative estimate of drug-likeness (QED) is 0.457. The Bertz CT molecular complexity index is 674. The van der Waals surface area contributed by atoms with E-state index in [1.54, 1.807) is 5.57 Å². The summed E-state index contributed by atoms with van der Waals surface area (Å²) in [4.78, 5) is 0. The largest absolute Gasteiger partial charge is 0.393 e. The molecule has 4 aliphatic carbocycles. The molecule has 170 valence electrons. The minimum absolute atomic E-state index is 0.0876. The summed E-state index contributed by atoms with van der Waals surface area (Å²) in [6, 6.07) is 0. The molecule has 0 aromatic rings. The fraction of sp³-hybridized carbons (Fsp3) is 0.862. The van der Waals surface area contributed by atoms with E-state index in [1.165, 1.54) is 51.4 Å². The maximum atomic E-state index is 11.1. The standard InChI is InChI=1S/C29H48O/c1-7-21(19(2)3)12-11-20(4)24-15-16-25-23-14-13-22-9-8-10-27(30)29(22,6)26(23)17-18-28(24,25)5/h11-12,14,19-22,24-27,30H,7-10,13,15-18H2,1-6H3/t20-,21?,22?,24-,25+,26+,27?,28-,29+/m1/s1. The summed E-state index contributed by atoms with van der Waals surface area (Å²) in [7, 11) is 0. The van der Waals surface area contributed by atoms with E-state index in [1.807, 2.05) is 0 Å². The van der Waals surface area contributed by atoms with Crippen LogP contribution in [0.3, 0.4) is 0 Å². The highest BCUT2D eigenvalue weighted by Gasteiger charge is 2.59. The van der Waals surface area contributed by atoms with Crippen LogP contribution in [0, 0.1) is 52.3 Å². The summed E-state index contributed by atoms with van der Waals surface area (Å²) >= 11 is 0. The van der Waals surface area contributed by atoms with Crippen LogP contribution in [0.5, 0.6) is 0 Å². The minimum atomic E-state index is -0.0876. The molecule has 4 aliphatic rings. The Balaban J connectivity index is 1.55. The van der Waals surface area contributed by atoms with Crippen LogP contribution in [0.15, 0.2) is 23.8 Å². The second-order valence-electron chi connectivity index (χ2n) is 12.3. The molecule has 9 atom stereocenters. The lowest BCUT2D eigenvalue weighted by Gasteiger charge is -2.58. The summed E-state index contributed by atoms with van der Waals surface area (Å²) in [5.41, 5.74) is 2.36. The Labute approximate surface area is 186 Å². The van der Waals surface area contributed by atoms with Gasteiger partial charge in [0.25, 0.3) is 0 Å². The highest BCUT2D eigenvalue weighted by atomic mass is 16.3. The summed E-state index contributed by atoms with van der Waals surface area (Å²) in [5, 5.41) is 11.1. The fourth-order valence-corrected chi connectivity index (χ4v) is 8.75. The number of hydrogen-bond donors (Lipinski definition) is 1. The molecule has 4 rings (SSSR count). The van der Waals surface area contributed by atoms with Crippen molar-refractivity contribution >= 4 is 0 Å². The number of allylic oxidation sites excluding steroid dienone is 4. The molecule has 0 aromatic carbocycles. The molecule has 1 nitrogen and oxygen atoms in total. The predicted octanol–water partition coefficient (Wildman–Crippen LogP) is 7.80. The van der Waals surface area contributed by atoms with Gasteiger partial charge >= 0.3 is 0 Å². The van der Waals surface area contributed by atoms with Crippen molar-refractivity contribution < 1.29 is 5.11 Å². The number of hydrogen-bond acceptors (Lipinski definition) is 1. The van der Waals surface area contributed by atoms with Crippen molar-refractivity contribution in [3.63, 3.8) is 0 Å². The highest BCUT2D eigenvalue weighted by molar-refractivity contribution is 5.28. The second-order valence-corrected chi connectivity index (χ2v) is 12.3. The van der Waals surface area contributed by atoms with E-state index in [9.17, 15) is 5.11 Å². The number of aliphatic hydroxyl groups excluding tert-OH is 1. The average Bonchev–Trinajstić information content (AvgIpc) is 3.06. The summed E-state index contributed by atoms with van der Waals surface area (Å²) in [6.45, 7) is 14.6. The Morgan fingerprint density at radius 3 is 2.50 bits per heavy atom. The molecular formula is C29H48O. The molecular weight excluding hydrogens is 364 g/mol. The number of aliphatic hydroxyl groups is 1. The molecule has 0 amide bonds. The van der Waals surface area contributed by atoms with Crippen LogP contribution in [-0.4, -0.2) is 11.2 Å². The lowest BCUT2D eigenvalue weighted by Crippen LogP contribution is -2.54. The van der Waals surface area contributed by atoms with Gasteiger partial charge in [0, 0.05) is 5.41 Å². The second kappa shape index (κ2) is 8.42. The van der Waals surface area contributed by atoms with Gasteiger partial charge in [0.2, 0.25) is 0 Å². The summed E-state index contributed by atoms with van der Waals surface area (Å²) in [5.74, 6) is 5.06. The maximum absolute atomic E-state index is 11.1. The zero-order valence-corrected chi connectivity index (χ0v) is 20.7. The van der Waals surface area contributed by atoms with Gasteiger partial charge < -0.3 is 5.11 Å². The normalized spacial score (nSPS) is 45.6. The highest BCUT2D eigenvalue weighted by Crippen LogP contribution is 2.66. The first kappa shape index (κ1) is 22.6. The molecule has 1 heteroatoms. The van der Waals surface area contributed by atoms with E-state index in [2.05, 4.69) is 59.8 Å². The van der Waals surface area contributed by atoms with Crippen molar-refractivity contribution in [2.24, 2.45) is 52.3 Å².